The lowest BCUT2D eigenvalue weighted by Gasteiger charge is -2.19. The van der Waals surface area contributed by atoms with Crippen LogP contribution in [-0.4, -0.2) is 102 Å². The zero-order chi connectivity index (χ0) is 71.1. The second-order valence-corrected chi connectivity index (χ2v) is 31.9. The Labute approximate surface area is 568 Å². The topological polar surface area (TPSA) is 295 Å². The summed E-state index contributed by atoms with van der Waals surface area (Å²) in [5, 5.41) is 0. The summed E-state index contributed by atoms with van der Waals surface area (Å²) >= 11 is 10.1. The molecule has 506 valence electrons. The van der Waals surface area contributed by atoms with Crippen LogP contribution >= 0.6 is 0 Å². The Morgan fingerprint density at radius 1 is 0.323 bits per heavy atom. The third-order valence-electron chi connectivity index (χ3n) is 9.77. The standard InChI is InChI=1S/C22H23S.C19H17OS.3C6H6S.CHF3O3S.4CH4O3S/c1-22(2,3)18-14-16-21(17-15-18)23(19-10-6-4-7-11-19)20-12-8-5-9-13-20;1-20-16-12-14-19(15-13-16)21(17-8-4-2-5-9-17)18-10-6-3-7-11-18;3*7-6-4-2-1-3-5-6;2-1(3,4)8(5,6)7;4*1-5(2,3)4/h4-17H,1-3H3;2-15H,1H3;3*1-5,7H;(H,5,6,7);4*1H3,(H,2,3,4)/q2*+1;;;;;;;;/p-2. The first-order chi connectivity index (χ1) is 42.9. The fraction of sp³-hybridized carbons (Fsp3) is 0.156. The van der Waals surface area contributed by atoms with E-state index in [-0.39, 0.29) is 27.2 Å². The highest BCUT2D eigenvalue weighted by molar-refractivity contribution is 7.97. The molecule has 0 heterocycles. The van der Waals surface area contributed by atoms with Crippen LogP contribution in [0.3, 0.4) is 0 Å². The van der Waals surface area contributed by atoms with Gasteiger partial charge in [0.15, 0.2) is 39.5 Å². The summed E-state index contributed by atoms with van der Waals surface area (Å²) in [5.74, 6) is 0.892. The zero-order valence-corrected chi connectivity index (χ0v) is 60.1. The van der Waals surface area contributed by atoms with Crippen LogP contribution in [0, 0.1) is 0 Å². The van der Waals surface area contributed by atoms with Gasteiger partial charge in [-0.2, -0.15) is 13.2 Å². The van der Waals surface area contributed by atoms with E-state index >= 15 is 0 Å². The summed E-state index contributed by atoms with van der Waals surface area (Å²) in [7, 11) is -20.2. The van der Waals surface area contributed by atoms with Gasteiger partial charge in [0.25, 0.3) is 0 Å². The predicted octanol–water partition coefficient (Wildman–Crippen LogP) is 10.7. The van der Waals surface area contributed by atoms with Crippen LogP contribution in [0.2, 0.25) is 0 Å². The van der Waals surface area contributed by atoms with Crippen molar-refractivity contribution in [2.75, 3.05) is 32.1 Å². The number of methoxy groups -OCH3 is 1. The number of benzene rings is 9. The van der Waals surface area contributed by atoms with E-state index in [9.17, 15) is 13.2 Å². The average molecular weight is 1480 g/mol. The van der Waals surface area contributed by atoms with E-state index in [2.05, 4.69) is 216 Å². The molecule has 0 saturated carbocycles. The normalized spacial score (nSPS) is 10.9. The van der Waals surface area contributed by atoms with Crippen molar-refractivity contribution in [1.82, 2.24) is 0 Å². The molecule has 0 aliphatic rings. The van der Waals surface area contributed by atoms with Gasteiger partial charge in [-0.25, -0.2) is 42.1 Å². The van der Waals surface area contributed by atoms with Crippen LogP contribution in [-0.2, 0) is 116 Å². The molecule has 0 aliphatic carbocycles. The quantitative estimate of drug-likeness (QED) is 0.0813. The third kappa shape index (κ3) is 49.1. The van der Waals surface area contributed by atoms with E-state index < -0.39 is 56.1 Å². The van der Waals surface area contributed by atoms with E-state index in [1.54, 1.807) is 7.11 Å². The lowest BCUT2D eigenvalue weighted by molar-refractivity contribution is -0.0518. The van der Waals surface area contributed by atoms with Crippen molar-refractivity contribution in [1.29, 1.82) is 0 Å². The molecular weight excluding hydrogens is 1400 g/mol. The molecule has 16 nitrogen and oxygen atoms in total. The summed E-state index contributed by atoms with van der Waals surface area (Å²) in [6.07, 6.45) is 2.42. The van der Waals surface area contributed by atoms with Crippen molar-refractivity contribution in [2.45, 2.75) is 75.8 Å². The molecule has 0 unspecified atom stereocenters. The molecule has 0 amide bonds. The molecule has 0 aromatic heterocycles. The van der Waals surface area contributed by atoms with Crippen LogP contribution < -0.4 is 4.74 Å². The SMILES string of the molecule is CC(C)(C)c1ccc([S+](c2ccccc2)c2ccccc2)cc1.COc1ccc([S+](c2ccccc2)c2ccccc2)cc1.CS(=O)(=O)[O-].CS(=O)(=O)[O-].CS(=O)(=O)[O-].CS(=O)(=O)[O-].O=S(=O)([O-])C(F)(F)F.[SH2+]c1ccccc1.[SH2+]c1ccccc1.[SH2+]c1ccccc1. The van der Waals surface area contributed by atoms with Crippen molar-refractivity contribution in [3.05, 3.63) is 266 Å². The molecule has 0 aliphatic heterocycles. The van der Waals surface area contributed by atoms with E-state index in [4.69, 9.17) is 69.6 Å². The molecular formula is C64H73F3O16S10. The largest absolute Gasteiger partial charge is 0.748 e. The van der Waals surface area contributed by atoms with Gasteiger partial charge in [-0.3, -0.25) is 0 Å². The lowest BCUT2D eigenvalue weighted by atomic mass is 9.87. The Balaban J connectivity index is 0.00000109. The van der Waals surface area contributed by atoms with Gasteiger partial charge in [0.05, 0.1) is 69.4 Å². The van der Waals surface area contributed by atoms with E-state index in [0.29, 0.717) is 25.0 Å². The molecule has 0 saturated heterocycles. The van der Waals surface area contributed by atoms with Crippen LogP contribution in [0.5, 0.6) is 5.75 Å². The highest BCUT2D eigenvalue weighted by atomic mass is 32.2. The van der Waals surface area contributed by atoms with Gasteiger partial charge >= 0.3 is 5.51 Å². The molecule has 29 heteroatoms. The van der Waals surface area contributed by atoms with Crippen LogP contribution in [0.1, 0.15) is 26.3 Å². The van der Waals surface area contributed by atoms with Crippen molar-refractivity contribution in [3.63, 3.8) is 0 Å². The van der Waals surface area contributed by atoms with Gasteiger partial charge < -0.3 is 27.5 Å². The Kier molecular flexibility index (Phi) is 40.9. The summed E-state index contributed by atoms with van der Waals surface area (Å²) in [6, 6.07) is 90.3. The summed E-state index contributed by atoms with van der Waals surface area (Å²) < 4.78 is 173. The van der Waals surface area contributed by atoms with Crippen molar-refractivity contribution in [2.24, 2.45) is 0 Å². The predicted molar refractivity (Wildman–Crippen MR) is 371 cm³/mol. The van der Waals surface area contributed by atoms with Gasteiger partial charge in [0.2, 0.25) is 0 Å². The Morgan fingerprint density at radius 2 is 0.484 bits per heavy atom. The molecule has 0 fully saturated rings. The summed E-state index contributed by atoms with van der Waals surface area (Å²) in [6.45, 7) is 6.78. The van der Waals surface area contributed by atoms with Gasteiger partial charge in [-0.1, -0.05) is 160 Å². The Hall–Kier alpha value is -6.13. The highest BCUT2D eigenvalue weighted by Gasteiger charge is 2.37. The molecule has 9 rings (SSSR count). The van der Waals surface area contributed by atoms with Gasteiger partial charge in [0, 0.05) is 25.0 Å². The van der Waals surface area contributed by atoms with Crippen LogP contribution in [0.25, 0.3) is 0 Å². The number of halogens is 3. The first-order valence-corrected chi connectivity index (χ1v) is 38.9. The number of rotatable bonds is 7. The minimum Gasteiger partial charge on any atom is -0.748 e. The first-order valence-electron chi connectivity index (χ1n) is 26.3. The molecule has 0 N–H and O–H groups in total. The molecule has 0 radical (unpaired) electrons. The number of hydrogen-bond acceptors (Lipinski definition) is 16. The Morgan fingerprint density at radius 3 is 0.624 bits per heavy atom. The monoisotopic (exact) mass is 1470 g/mol. The second-order valence-electron chi connectivity index (χ2n) is 19.1. The van der Waals surface area contributed by atoms with Crippen molar-refractivity contribution >= 4 is 110 Å². The maximum absolute atomic E-state index is 10.7. The molecule has 93 heavy (non-hydrogen) atoms. The lowest BCUT2D eigenvalue weighted by Crippen LogP contribution is -2.21. The van der Waals surface area contributed by atoms with Crippen LogP contribution in [0.4, 0.5) is 13.2 Å². The molecule has 9 aromatic carbocycles. The summed E-state index contributed by atoms with van der Waals surface area (Å²) in [4.78, 5) is 11.4. The fourth-order valence-electron chi connectivity index (χ4n) is 6.16. The average Bonchev–Trinajstić information content (AvgIpc) is 0.970. The number of alkyl halides is 3. The second kappa shape index (κ2) is 43.8. The van der Waals surface area contributed by atoms with Crippen LogP contribution in [0.15, 0.2) is 305 Å². The molecule has 0 bridgehead atoms. The van der Waals surface area contributed by atoms with E-state index in [1.165, 1.54) is 34.9 Å². The van der Waals surface area contributed by atoms with Gasteiger partial charge in [-0.15, -0.1) is 0 Å². The first kappa shape index (κ1) is 86.9. The smallest absolute Gasteiger partial charge is 0.485 e. The van der Waals surface area contributed by atoms with Crippen molar-refractivity contribution < 1.29 is 82.8 Å². The third-order valence-corrected chi connectivity index (χ3v) is 15.8. The molecule has 0 atom stereocenters. The zero-order valence-electron chi connectivity index (χ0n) is 51.3. The number of hydrogen-bond donors (Lipinski definition) is 0. The maximum Gasteiger partial charge on any atom is 0.485 e. The Bertz CT molecular complexity index is 3720. The van der Waals surface area contributed by atoms with Crippen molar-refractivity contribution in [3.8, 4) is 5.75 Å². The molecule has 9 aromatic rings. The highest BCUT2D eigenvalue weighted by Crippen LogP contribution is 2.34. The number of ether oxygens (including phenoxy) is 1. The maximum atomic E-state index is 10.7. The van der Waals surface area contributed by atoms with Gasteiger partial charge in [0.1, 0.15) is 20.4 Å². The minimum absolute atomic E-state index is 0.0497. The summed E-state index contributed by atoms with van der Waals surface area (Å²) in [5.41, 5.74) is -4.07. The van der Waals surface area contributed by atoms with E-state index in [1.807, 2.05) is 103 Å². The molecule has 0 spiro atoms. The minimum atomic E-state index is -6.09. The van der Waals surface area contributed by atoms with Gasteiger partial charge in [-0.05, 0) is 170 Å². The fourth-order valence-corrected chi connectivity index (χ4v) is 10.9. The van der Waals surface area contributed by atoms with E-state index in [0.717, 1.165) is 20.4 Å².